The highest BCUT2D eigenvalue weighted by Gasteiger charge is 2.64. The van der Waals surface area contributed by atoms with E-state index >= 15 is 0 Å². The number of hydrogen-bond donors (Lipinski definition) is 2. The number of amides is 1. The Morgan fingerprint density at radius 2 is 2.38 bits per heavy atom. The summed E-state index contributed by atoms with van der Waals surface area (Å²) in [6.45, 7) is 0.283. The quantitative estimate of drug-likeness (QED) is 0.458. The maximum Gasteiger partial charge on any atom is 0.308 e. The number of nitrogens with one attached hydrogen (secondary N) is 1. The number of benzene rings is 1. The molecular weight excluding hydrogens is 314 g/mol. The number of fused-ring (bicyclic) bond motifs is 1. The molecule has 0 bridgehead atoms. The van der Waals surface area contributed by atoms with Gasteiger partial charge in [0.1, 0.15) is 18.5 Å². The summed E-state index contributed by atoms with van der Waals surface area (Å²) in [7, 11) is 1.36. The van der Waals surface area contributed by atoms with Crippen LogP contribution in [0.1, 0.15) is 29.6 Å². The Labute approximate surface area is 138 Å². The van der Waals surface area contributed by atoms with Gasteiger partial charge < -0.3 is 19.9 Å². The van der Waals surface area contributed by atoms with Crippen molar-refractivity contribution >= 4 is 17.6 Å². The van der Waals surface area contributed by atoms with Gasteiger partial charge >= 0.3 is 5.97 Å². The lowest BCUT2D eigenvalue weighted by Crippen LogP contribution is -2.50. The molecule has 2 fully saturated rings. The van der Waals surface area contributed by atoms with Gasteiger partial charge in [0.05, 0.1) is 25.2 Å². The molecule has 2 saturated heterocycles. The van der Waals surface area contributed by atoms with E-state index in [4.69, 9.17) is 19.9 Å². The smallest absolute Gasteiger partial charge is 0.308 e. The van der Waals surface area contributed by atoms with Crippen LogP contribution in [0.3, 0.4) is 0 Å². The second-order valence-electron chi connectivity index (χ2n) is 6.31. The Hall–Kier alpha value is -2.32. The number of ether oxygens (including phenoxy) is 3. The van der Waals surface area contributed by atoms with Crippen molar-refractivity contribution in [2.24, 2.45) is 0 Å². The van der Waals surface area contributed by atoms with Crippen LogP contribution in [-0.2, 0) is 14.3 Å². The Kier molecular flexibility index (Phi) is 3.40. The SMILES string of the molecule is COC(=O)C[C@@H]1CC[C@]23NN2C(=O)c2cc(N)ccc2OC[C@@H]3O1. The molecule has 128 valence electrons. The summed E-state index contributed by atoms with van der Waals surface area (Å²) in [5.41, 5.74) is 9.32. The number of nitrogen functional groups attached to an aromatic ring is 1. The molecule has 3 aliphatic rings. The topological polar surface area (TPSA) is 113 Å². The van der Waals surface area contributed by atoms with Crippen LogP contribution in [-0.4, -0.2) is 48.5 Å². The number of hydrogen-bond acceptors (Lipinski definition) is 7. The van der Waals surface area contributed by atoms with Crippen molar-refractivity contribution in [1.82, 2.24) is 10.4 Å². The predicted molar refractivity (Wildman–Crippen MR) is 82.9 cm³/mol. The molecule has 1 aromatic rings. The van der Waals surface area contributed by atoms with Gasteiger partial charge in [-0.3, -0.25) is 9.59 Å². The van der Waals surface area contributed by atoms with E-state index in [0.717, 1.165) is 0 Å². The number of carbonyl (C=O) groups excluding carboxylic acids is 2. The van der Waals surface area contributed by atoms with Crippen molar-refractivity contribution in [2.75, 3.05) is 19.5 Å². The lowest BCUT2D eigenvalue weighted by molar-refractivity contribution is -0.150. The Morgan fingerprint density at radius 3 is 3.17 bits per heavy atom. The fourth-order valence-electron chi connectivity index (χ4n) is 3.46. The van der Waals surface area contributed by atoms with E-state index in [0.29, 0.717) is 29.8 Å². The molecule has 0 aliphatic carbocycles. The van der Waals surface area contributed by atoms with Gasteiger partial charge in [-0.05, 0) is 31.0 Å². The van der Waals surface area contributed by atoms with Crippen molar-refractivity contribution in [2.45, 2.75) is 37.1 Å². The van der Waals surface area contributed by atoms with E-state index in [2.05, 4.69) is 5.43 Å². The van der Waals surface area contributed by atoms with Crippen molar-refractivity contribution < 1.29 is 23.8 Å². The highest BCUT2D eigenvalue weighted by atomic mass is 16.6. The normalized spacial score (nSPS) is 30.9. The molecule has 1 amide bonds. The lowest BCUT2D eigenvalue weighted by atomic mass is 9.93. The summed E-state index contributed by atoms with van der Waals surface area (Å²) in [6, 6.07) is 5.00. The zero-order valence-corrected chi connectivity index (χ0v) is 13.3. The van der Waals surface area contributed by atoms with Gasteiger partial charge in [0, 0.05) is 5.69 Å². The molecule has 1 spiro atoms. The molecule has 0 aromatic heterocycles. The van der Waals surface area contributed by atoms with Gasteiger partial charge in [0.15, 0.2) is 5.66 Å². The number of nitrogens with zero attached hydrogens (tertiary/aromatic N) is 1. The van der Waals surface area contributed by atoms with Crippen LogP contribution >= 0.6 is 0 Å². The van der Waals surface area contributed by atoms with Gasteiger partial charge in [0.25, 0.3) is 5.91 Å². The van der Waals surface area contributed by atoms with E-state index < -0.39 is 5.66 Å². The summed E-state index contributed by atoms with van der Waals surface area (Å²) >= 11 is 0. The fraction of sp³-hybridized carbons (Fsp3) is 0.500. The third-order valence-corrected chi connectivity index (χ3v) is 4.84. The van der Waals surface area contributed by atoms with Gasteiger partial charge in [-0.2, -0.15) is 0 Å². The largest absolute Gasteiger partial charge is 0.490 e. The van der Waals surface area contributed by atoms with Crippen LogP contribution < -0.4 is 15.9 Å². The number of methoxy groups -OCH3 is 1. The number of anilines is 1. The van der Waals surface area contributed by atoms with Crippen molar-refractivity contribution in [1.29, 1.82) is 0 Å². The van der Waals surface area contributed by atoms with E-state index in [1.165, 1.54) is 7.11 Å². The average Bonchev–Trinajstić information content (AvgIpc) is 3.29. The third kappa shape index (κ3) is 2.30. The second kappa shape index (κ2) is 5.35. The molecule has 24 heavy (non-hydrogen) atoms. The number of nitrogens with two attached hydrogens (primary N) is 1. The third-order valence-electron chi connectivity index (χ3n) is 4.84. The molecule has 0 saturated carbocycles. The number of esters is 1. The van der Waals surface area contributed by atoms with Gasteiger partial charge in [-0.15, -0.1) is 0 Å². The van der Waals surface area contributed by atoms with Crippen LogP contribution in [0.2, 0.25) is 0 Å². The Balaban J connectivity index is 1.58. The maximum absolute atomic E-state index is 12.7. The van der Waals surface area contributed by atoms with Crippen molar-refractivity contribution in [3.05, 3.63) is 23.8 Å². The number of hydrazine groups is 1. The summed E-state index contributed by atoms with van der Waals surface area (Å²) in [5, 5.41) is 1.59. The zero-order valence-electron chi connectivity index (χ0n) is 13.3. The fourth-order valence-corrected chi connectivity index (χ4v) is 3.46. The first-order valence-corrected chi connectivity index (χ1v) is 7.90. The minimum absolute atomic E-state index is 0.183. The van der Waals surface area contributed by atoms with Crippen molar-refractivity contribution in [3.8, 4) is 5.75 Å². The molecule has 8 nitrogen and oxygen atoms in total. The monoisotopic (exact) mass is 333 g/mol. The van der Waals surface area contributed by atoms with Crippen LogP contribution in [0.25, 0.3) is 0 Å². The highest BCUT2D eigenvalue weighted by molar-refractivity contribution is 5.99. The van der Waals surface area contributed by atoms with Gasteiger partial charge in [-0.1, -0.05) is 0 Å². The molecule has 8 heteroatoms. The maximum atomic E-state index is 12.7. The van der Waals surface area contributed by atoms with E-state index in [9.17, 15) is 9.59 Å². The lowest BCUT2D eigenvalue weighted by Gasteiger charge is -2.36. The molecule has 3 N–H and O–H groups in total. The second-order valence-corrected chi connectivity index (χ2v) is 6.31. The molecular formula is C16H19N3O5. The first-order valence-electron chi connectivity index (χ1n) is 7.90. The first-order chi connectivity index (χ1) is 11.5. The summed E-state index contributed by atoms with van der Waals surface area (Å²) in [5.74, 6) is -0.00701. The summed E-state index contributed by atoms with van der Waals surface area (Å²) in [4.78, 5) is 24.2. The molecule has 0 unspecified atom stereocenters. The van der Waals surface area contributed by atoms with Crippen LogP contribution in [0.4, 0.5) is 5.69 Å². The number of rotatable bonds is 2. The van der Waals surface area contributed by atoms with Crippen LogP contribution in [0.5, 0.6) is 5.75 Å². The number of carbonyl (C=O) groups is 2. The first kappa shape index (κ1) is 15.2. The van der Waals surface area contributed by atoms with Crippen molar-refractivity contribution in [3.63, 3.8) is 0 Å². The standard InChI is InChI=1S/C16H19N3O5/c1-22-14(20)7-10-4-5-16-13(24-10)8-23-12-3-2-9(17)6-11(12)15(21)19(16)18-16/h2-3,6,10,13,18H,4-5,7-8,17H2,1H3/t10-,13-,16-,19?/m0/s1. The molecule has 3 heterocycles. The summed E-state index contributed by atoms with van der Waals surface area (Å²) < 4.78 is 16.5. The zero-order chi connectivity index (χ0) is 16.9. The molecule has 0 radical (unpaired) electrons. The average molecular weight is 333 g/mol. The van der Waals surface area contributed by atoms with E-state index in [-0.39, 0.29) is 37.1 Å². The van der Waals surface area contributed by atoms with E-state index in [1.54, 1.807) is 23.2 Å². The highest BCUT2D eigenvalue weighted by Crippen LogP contribution is 2.44. The predicted octanol–water partition coefficient (Wildman–Crippen LogP) is 0.429. The van der Waals surface area contributed by atoms with Gasteiger partial charge in [-0.25, -0.2) is 10.4 Å². The minimum Gasteiger partial charge on any atom is -0.490 e. The molecule has 1 aromatic carbocycles. The molecule has 3 atom stereocenters. The molecule has 4 rings (SSSR count). The van der Waals surface area contributed by atoms with E-state index in [1.807, 2.05) is 0 Å². The molecule has 3 aliphatic heterocycles. The Bertz CT molecular complexity index is 709. The van der Waals surface area contributed by atoms with Gasteiger partial charge in [0.2, 0.25) is 0 Å². The minimum atomic E-state index is -0.563. The summed E-state index contributed by atoms with van der Waals surface area (Å²) in [6.07, 6.45) is 0.958. The van der Waals surface area contributed by atoms with Crippen LogP contribution in [0.15, 0.2) is 18.2 Å². The van der Waals surface area contributed by atoms with Crippen LogP contribution in [0, 0.1) is 0 Å². The Morgan fingerprint density at radius 1 is 1.54 bits per heavy atom.